The molecule has 0 atom stereocenters. The van der Waals surface area contributed by atoms with Crippen LogP contribution in [-0.2, 0) is 4.74 Å². The van der Waals surface area contributed by atoms with Gasteiger partial charge >= 0.3 is 0 Å². The Labute approximate surface area is 110 Å². The number of benzene rings is 1. The fourth-order valence-corrected chi connectivity index (χ4v) is 1.44. The third kappa shape index (κ3) is 7.17. The summed E-state index contributed by atoms with van der Waals surface area (Å²) < 4.78 is 11.1. The van der Waals surface area contributed by atoms with Crippen LogP contribution in [0, 0.1) is 5.41 Å². The number of anilines is 1. The zero-order valence-electron chi connectivity index (χ0n) is 11.7. The van der Waals surface area contributed by atoms with E-state index < -0.39 is 0 Å². The lowest BCUT2D eigenvalue weighted by molar-refractivity contribution is 0.0973. The van der Waals surface area contributed by atoms with Gasteiger partial charge in [0.2, 0.25) is 0 Å². The summed E-state index contributed by atoms with van der Waals surface area (Å²) in [7, 11) is 0. The van der Waals surface area contributed by atoms with Gasteiger partial charge in [0, 0.05) is 31.4 Å². The molecule has 0 unspecified atom stereocenters. The van der Waals surface area contributed by atoms with Gasteiger partial charge in [-0.15, -0.1) is 0 Å². The third-order valence-electron chi connectivity index (χ3n) is 2.56. The Balaban J connectivity index is 2.02. The van der Waals surface area contributed by atoms with Crippen molar-refractivity contribution in [2.24, 2.45) is 5.41 Å². The van der Waals surface area contributed by atoms with Crippen molar-refractivity contribution < 1.29 is 9.47 Å². The number of nitrogens with two attached hydrogens (primary N) is 1. The number of ether oxygens (including phenoxy) is 2. The molecule has 2 N–H and O–H groups in total. The van der Waals surface area contributed by atoms with Gasteiger partial charge in [0.15, 0.2) is 0 Å². The lowest BCUT2D eigenvalue weighted by Crippen LogP contribution is -2.11. The molecule has 0 aliphatic heterocycles. The van der Waals surface area contributed by atoms with Crippen LogP contribution in [0.1, 0.15) is 33.6 Å². The maximum atomic E-state index is 5.66. The van der Waals surface area contributed by atoms with E-state index in [0.29, 0.717) is 12.0 Å². The van der Waals surface area contributed by atoms with E-state index in [9.17, 15) is 0 Å². The maximum absolute atomic E-state index is 5.66. The van der Waals surface area contributed by atoms with E-state index in [4.69, 9.17) is 15.2 Å². The molecular weight excluding hydrogens is 226 g/mol. The monoisotopic (exact) mass is 251 g/mol. The number of nitrogen functional groups attached to an aromatic ring is 1. The maximum Gasteiger partial charge on any atom is 0.121 e. The van der Waals surface area contributed by atoms with Gasteiger partial charge in [-0.2, -0.15) is 0 Å². The van der Waals surface area contributed by atoms with Crippen LogP contribution in [0.2, 0.25) is 0 Å². The molecule has 0 aliphatic carbocycles. The lowest BCUT2D eigenvalue weighted by atomic mass is 9.93. The number of hydrogen-bond acceptors (Lipinski definition) is 3. The Kier molecular flexibility index (Phi) is 5.99. The molecule has 0 spiro atoms. The van der Waals surface area contributed by atoms with Gasteiger partial charge in [-0.25, -0.2) is 0 Å². The van der Waals surface area contributed by atoms with Gasteiger partial charge < -0.3 is 15.2 Å². The molecule has 18 heavy (non-hydrogen) atoms. The van der Waals surface area contributed by atoms with Crippen molar-refractivity contribution in [3.05, 3.63) is 24.3 Å². The van der Waals surface area contributed by atoms with Crippen LogP contribution in [0.4, 0.5) is 5.69 Å². The quantitative estimate of drug-likeness (QED) is 0.596. The summed E-state index contributed by atoms with van der Waals surface area (Å²) in [5.74, 6) is 0.824. The molecule has 102 valence electrons. The summed E-state index contributed by atoms with van der Waals surface area (Å²) in [6, 6.07) is 7.49. The predicted molar refractivity (Wildman–Crippen MR) is 75.9 cm³/mol. The molecule has 3 nitrogen and oxygen atoms in total. The zero-order chi connectivity index (χ0) is 13.4. The summed E-state index contributed by atoms with van der Waals surface area (Å²) in [4.78, 5) is 0. The van der Waals surface area contributed by atoms with Crippen LogP contribution >= 0.6 is 0 Å². The first-order valence-electron chi connectivity index (χ1n) is 6.53. The molecule has 0 saturated carbocycles. The van der Waals surface area contributed by atoms with Crippen molar-refractivity contribution in [1.82, 2.24) is 0 Å². The number of hydrogen-bond donors (Lipinski definition) is 1. The minimum absolute atomic E-state index is 0.345. The summed E-state index contributed by atoms with van der Waals surface area (Å²) in [5.41, 5.74) is 6.74. The van der Waals surface area contributed by atoms with Gasteiger partial charge in [0.25, 0.3) is 0 Å². The Bertz CT molecular complexity index is 345. The van der Waals surface area contributed by atoms with Gasteiger partial charge in [0.05, 0.1) is 6.61 Å². The first-order chi connectivity index (χ1) is 8.47. The summed E-state index contributed by atoms with van der Waals surface area (Å²) >= 11 is 0. The van der Waals surface area contributed by atoms with E-state index in [1.165, 1.54) is 0 Å². The van der Waals surface area contributed by atoms with Gasteiger partial charge in [-0.1, -0.05) is 26.8 Å². The Morgan fingerprint density at radius 2 is 1.89 bits per heavy atom. The molecule has 0 aliphatic rings. The van der Waals surface area contributed by atoms with Crippen molar-refractivity contribution in [3.8, 4) is 5.75 Å². The highest BCUT2D eigenvalue weighted by Gasteiger charge is 2.08. The summed E-state index contributed by atoms with van der Waals surface area (Å²) in [6.45, 7) is 8.90. The fourth-order valence-electron chi connectivity index (χ4n) is 1.44. The molecule has 1 rings (SSSR count). The van der Waals surface area contributed by atoms with Crippen LogP contribution in [0.25, 0.3) is 0 Å². The highest BCUT2D eigenvalue weighted by Crippen LogP contribution is 2.18. The van der Waals surface area contributed by atoms with Crippen LogP contribution in [0.3, 0.4) is 0 Å². The van der Waals surface area contributed by atoms with Crippen LogP contribution in [0.5, 0.6) is 5.75 Å². The van der Waals surface area contributed by atoms with E-state index in [0.717, 1.165) is 37.5 Å². The Morgan fingerprint density at radius 3 is 2.56 bits per heavy atom. The minimum atomic E-state index is 0.345. The second-order valence-corrected chi connectivity index (χ2v) is 5.70. The highest BCUT2D eigenvalue weighted by atomic mass is 16.5. The molecule has 0 amide bonds. The van der Waals surface area contributed by atoms with Crippen molar-refractivity contribution in [2.45, 2.75) is 33.6 Å². The number of rotatable bonds is 7. The van der Waals surface area contributed by atoms with Crippen molar-refractivity contribution in [3.63, 3.8) is 0 Å². The summed E-state index contributed by atoms with van der Waals surface area (Å²) in [5, 5.41) is 0. The SMILES string of the molecule is CC(C)(C)CCOCCCOc1cccc(N)c1. The van der Waals surface area contributed by atoms with Crippen molar-refractivity contribution in [2.75, 3.05) is 25.6 Å². The van der Waals surface area contributed by atoms with E-state index in [-0.39, 0.29) is 0 Å². The second-order valence-electron chi connectivity index (χ2n) is 5.70. The third-order valence-corrected chi connectivity index (χ3v) is 2.56. The van der Waals surface area contributed by atoms with Crippen LogP contribution in [-0.4, -0.2) is 19.8 Å². The molecule has 3 heteroatoms. The molecule has 1 aromatic carbocycles. The lowest BCUT2D eigenvalue weighted by Gasteiger charge is -2.17. The molecular formula is C15H25NO2. The van der Waals surface area contributed by atoms with Gasteiger partial charge in [-0.3, -0.25) is 0 Å². The predicted octanol–water partition coefficient (Wildman–Crippen LogP) is 3.49. The van der Waals surface area contributed by atoms with Crippen molar-refractivity contribution >= 4 is 5.69 Å². The molecule has 0 heterocycles. The molecule has 1 aromatic rings. The molecule has 0 bridgehead atoms. The van der Waals surface area contributed by atoms with Crippen LogP contribution < -0.4 is 10.5 Å². The second kappa shape index (κ2) is 7.27. The first-order valence-corrected chi connectivity index (χ1v) is 6.53. The van der Waals surface area contributed by atoms with E-state index in [1.54, 1.807) is 0 Å². The molecule has 0 saturated heterocycles. The fraction of sp³-hybridized carbons (Fsp3) is 0.600. The molecule has 0 radical (unpaired) electrons. The smallest absolute Gasteiger partial charge is 0.121 e. The van der Waals surface area contributed by atoms with Gasteiger partial charge in [-0.05, 0) is 24.0 Å². The first kappa shape index (κ1) is 14.8. The molecule has 0 aromatic heterocycles. The minimum Gasteiger partial charge on any atom is -0.493 e. The average Bonchev–Trinajstić information content (AvgIpc) is 2.26. The normalized spacial score (nSPS) is 11.5. The Morgan fingerprint density at radius 1 is 1.11 bits per heavy atom. The standard InChI is InChI=1S/C15H25NO2/c1-15(2,3)8-11-17-9-5-10-18-14-7-4-6-13(16)12-14/h4,6-7,12H,5,8-11,16H2,1-3H3. The van der Waals surface area contributed by atoms with Gasteiger partial charge in [0.1, 0.15) is 5.75 Å². The summed E-state index contributed by atoms with van der Waals surface area (Å²) in [6.07, 6.45) is 1.99. The van der Waals surface area contributed by atoms with E-state index in [2.05, 4.69) is 20.8 Å². The largest absolute Gasteiger partial charge is 0.493 e. The van der Waals surface area contributed by atoms with E-state index >= 15 is 0 Å². The topological polar surface area (TPSA) is 44.5 Å². The zero-order valence-corrected chi connectivity index (χ0v) is 11.7. The molecule has 0 fully saturated rings. The van der Waals surface area contributed by atoms with Crippen LogP contribution in [0.15, 0.2) is 24.3 Å². The highest BCUT2D eigenvalue weighted by molar-refractivity contribution is 5.43. The van der Waals surface area contributed by atoms with Crippen molar-refractivity contribution in [1.29, 1.82) is 0 Å². The van der Waals surface area contributed by atoms with E-state index in [1.807, 2.05) is 24.3 Å². The average molecular weight is 251 g/mol. The Hall–Kier alpha value is -1.22.